The fourth-order valence-electron chi connectivity index (χ4n) is 2.72. The smallest absolute Gasteiger partial charge is 0.241 e. The third kappa shape index (κ3) is 3.94. The molecule has 2 heterocycles. The molecule has 3 rings (SSSR count). The Bertz CT molecular complexity index is 701. The largest absolute Gasteiger partial charge is 0.376 e. The van der Waals surface area contributed by atoms with Gasteiger partial charge in [0.15, 0.2) is 0 Å². The van der Waals surface area contributed by atoms with Gasteiger partial charge in [0, 0.05) is 49.3 Å². The molecule has 0 atom stereocenters. The summed E-state index contributed by atoms with van der Waals surface area (Å²) in [5.41, 5.74) is 1.96. The lowest BCUT2D eigenvalue weighted by Crippen LogP contribution is -2.50. The third-order valence-corrected chi connectivity index (χ3v) is 4.32. The van der Waals surface area contributed by atoms with E-state index in [2.05, 4.69) is 20.2 Å². The van der Waals surface area contributed by atoms with Gasteiger partial charge in [0.05, 0.1) is 6.54 Å². The van der Waals surface area contributed by atoms with E-state index in [0.717, 1.165) is 30.3 Å². The normalized spacial score (nSPS) is 14.6. The van der Waals surface area contributed by atoms with Gasteiger partial charge in [-0.25, -0.2) is 9.97 Å². The van der Waals surface area contributed by atoms with Crippen LogP contribution in [0.25, 0.3) is 0 Å². The second-order valence-electron chi connectivity index (χ2n) is 5.73. The number of anilines is 2. The Balaban J connectivity index is 1.50. The molecular formula is C17H20ClN5O. The first-order chi connectivity index (χ1) is 11.6. The maximum absolute atomic E-state index is 12.4. The first-order valence-electron chi connectivity index (χ1n) is 7.93. The van der Waals surface area contributed by atoms with Crippen LogP contribution in [0, 0.1) is 6.92 Å². The van der Waals surface area contributed by atoms with E-state index in [1.54, 1.807) is 18.5 Å². The average Bonchev–Trinajstić information content (AvgIpc) is 2.62. The Kier molecular flexibility index (Phi) is 5.15. The molecule has 2 aromatic rings. The first kappa shape index (κ1) is 16.5. The summed E-state index contributed by atoms with van der Waals surface area (Å²) in [5.74, 6) is 0.817. The molecule has 0 aliphatic carbocycles. The topological polar surface area (TPSA) is 61.4 Å². The molecule has 1 aliphatic heterocycles. The first-order valence-corrected chi connectivity index (χ1v) is 8.31. The second kappa shape index (κ2) is 7.49. The van der Waals surface area contributed by atoms with Gasteiger partial charge < -0.3 is 15.1 Å². The Morgan fingerprint density at radius 1 is 1.21 bits per heavy atom. The van der Waals surface area contributed by atoms with Gasteiger partial charge in [-0.1, -0.05) is 11.6 Å². The third-order valence-electron chi connectivity index (χ3n) is 4.09. The quantitative estimate of drug-likeness (QED) is 0.920. The Labute approximate surface area is 146 Å². The summed E-state index contributed by atoms with van der Waals surface area (Å²) in [7, 11) is 0. The molecule has 0 saturated carbocycles. The minimum atomic E-state index is 0.0954. The molecule has 126 valence electrons. The molecule has 6 nitrogen and oxygen atoms in total. The zero-order valence-corrected chi connectivity index (χ0v) is 14.3. The highest BCUT2D eigenvalue weighted by molar-refractivity contribution is 6.30. The zero-order chi connectivity index (χ0) is 16.9. The Morgan fingerprint density at radius 3 is 2.58 bits per heavy atom. The van der Waals surface area contributed by atoms with Crippen LogP contribution in [0.3, 0.4) is 0 Å². The van der Waals surface area contributed by atoms with Crippen LogP contribution in [0.4, 0.5) is 11.6 Å². The van der Waals surface area contributed by atoms with Crippen LogP contribution in [0.15, 0.2) is 36.7 Å². The number of carbonyl (C=O) groups excluding carboxylic acids is 1. The van der Waals surface area contributed by atoms with E-state index in [1.807, 2.05) is 30.0 Å². The highest BCUT2D eigenvalue weighted by Crippen LogP contribution is 2.19. The van der Waals surface area contributed by atoms with Gasteiger partial charge in [-0.05, 0) is 36.8 Å². The molecule has 1 aromatic carbocycles. The predicted octanol–water partition coefficient (Wildman–Crippen LogP) is 2.20. The molecule has 24 heavy (non-hydrogen) atoms. The summed E-state index contributed by atoms with van der Waals surface area (Å²) in [6.45, 7) is 5.10. The van der Waals surface area contributed by atoms with E-state index in [-0.39, 0.29) is 12.5 Å². The number of piperazine rings is 1. The van der Waals surface area contributed by atoms with Gasteiger partial charge in [-0.2, -0.15) is 0 Å². The molecule has 0 spiro atoms. The van der Waals surface area contributed by atoms with Gasteiger partial charge in [-0.15, -0.1) is 0 Å². The van der Waals surface area contributed by atoms with Crippen molar-refractivity contribution in [2.45, 2.75) is 6.92 Å². The molecular weight excluding hydrogens is 326 g/mol. The van der Waals surface area contributed by atoms with Crippen molar-refractivity contribution in [2.24, 2.45) is 0 Å². The van der Waals surface area contributed by atoms with Crippen molar-refractivity contribution in [3.63, 3.8) is 0 Å². The molecule has 1 saturated heterocycles. The monoisotopic (exact) mass is 345 g/mol. The summed E-state index contributed by atoms with van der Waals surface area (Å²) in [6.07, 6.45) is 3.47. The van der Waals surface area contributed by atoms with Gasteiger partial charge in [0.2, 0.25) is 11.9 Å². The lowest BCUT2D eigenvalue weighted by atomic mass is 10.2. The lowest BCUT2D eigenvalue weighted by Gasteiger charge is -2.34. The van der Waals surface area contributed by atoms with Crippen molar-refractivity contribution in [3.8, 4) is 0 Å². The van der Waals surface area contributed by atoms with Crippen molar-refractivity contribution >= 4 is 29.1 Å². The molecule has 0 unspecified atom stereocenters. The molecule has 0 radical (unpaired) electrons. The Morgan fingerprint density at radius 2 is 1.92 bits per heavy atom. The van der Waals surface area contributed by atoms with E-state index < -0.39 is 0 Å². The maximum atomic E-state index is 12.4. The van der Waals surface area contributed by atoms with Crippen LogP contribution < -0.4 is 10.2 Å². The van der Waals surface area contributed by atoms with Gasteiger partial charge in [0.1, 0.15) is 0 Å². The molecule has 1 amide bonds. The van der Waals surface area contributed by atoms with E-state index in [0.29, 0.717) is 18.1 Å². The van der Waals surface area contributed by atoms with Gasteiger partial charge in [0.25, 0.3) is 0 Å². The number of halogens is 1. The Hall–Kier alpha value is -2.34. The van der Waals surface area contributed by atoms with Crippen LogP contribution in [0.5, 0.6) is 0 Å². The van der Waals surface area contributed by atoms with Crippen molar-refractivity contribution in [2.75, 3.05) is 42.9 Å². The number of amides is 1. The summed E-state index contributed by atoms with van der Waals surface area (Å²) in [6, 6.07) is 7.40. The minimum Gasteiger partial charge on any atom is -0.376 e. The van der Waals surface area contributed by atoms with Crippen LogP contribution in [-0.2, 0) is 4.79 Å². The number of carbonyl (C=O) groups is 1. The number of nitrogens with one attached hydrogen (secondary N) is 1. The van der Waals surface area contributed by atoms with Crippen molar-refractivity contribution in [1.82, 2.24) is 14.9 Å². The minimum absolute atomic E-state index is 0.0954. The standard InChI is InChI=1S/C17H20ClN5O/c1-13-11-14(18)3-4-15(13)21-12-16(24)22-7-9-23(10-8-22)17-19-5-2-6-20-17/h2-6,11,21H,7-10,12H2,1H3. The molecule has 1 fully saturated rings. The number of nitrogens with zero attached hydrogens (tertiary/aromatic N) is 4. The zero-order valence-electron chi connectivity index (χ0n) is 13.6. The number of aryl methyl sites for hydroxylation is 1. The lowest BCUT2D eigenvalue weighted by molar-refractivity contribution is -0.129. The number of hydrogen-bond donors (Lipinski definition) is 1. The average molecular weight is 346 g/mol. The number of aromatic nitrogens is 2. The molecule has 1 N–H and O–H groups in total. The second-order valence-corrected chi connectivity index (χ2v) is 6.17. The van der Waals surface area contributed by atoms with Crippen molar-refractivity contribution < 1.29 is 4.79 Å². The number of hydrogen-bond acceptors (Lipinski definition) is 5. The van der Waals surface area contributed by atoms with Crippen LogP contribution in [-0.4, -0.2) is 53.5 Å². The summed E-state index contributed by atoms with van der Waals surface area (Å²) in [5, 5.41) is 3.89. The maximum Gasteiger partial charge on any atom is 0.241 e. The van der Waals surface area contributed by atoms with Crippen LogP contribution >= 0.6 is 11.6 Å². The SMILES string of the molecule is Cc1cc(Cl)ccc1NCC(=O)N1CCN(c2ncccn2)CC1. The van der Waals surface area contributed by atoms with E-state index in [9.17, 15) is 4.79 Å². The summed E-state index contributed by atoms with van der Waals surface area (Å²) >= 11 is 5.95. The van der Waals surface area contributed by atoms with Crippen molar-refractivity contribution in [3.05, 3.63) is 47.2 Å². The summed E-state index contributed by atoms with van der Waals surface area (Å²) in [4.78, 5) is 24.9. The molecule has 1 aromatic heterocycles. The molecule has 7 heteroatoms. The molecule has 0 bridgehead atoms. The van der Waals surface area contributed by atoms with E-state index >= 15 is 0 Å². The molecule has 1 aliphatic rings. The predicted molar refractivity (Wildman–Crippen MR) is 95.5 cm³/mol. The van der Waals surface area contributed by atoms with E-state index in [4.69, 9.17) is 11.6 Å². The van der Waals surface area contributed by atoms with E-state index in [1.165, 1.54) is 0 Å². The summed E-state index contributed by atoms with van der Waals surface area (Å²) < 4.78 is 0. The fourth-order valence-corrected chi connectivity index (χ4v) is 2.95. The highest BCUT2D eigenvalue weighted by Gasteiger charge is 2.22. The van der Waals surface area contributed by atoms with Crippen LogP contribution in [0.1, 0.15) is 5.56 Å². The van der Waals surface area contributed by atoms with Gasteiger partial charge in [-0.3, -0.25) is 4.79 Å². The van der Waals surface area contributed by atoms with Crippen LogP contribution in [0.2, 0.25) is 5.02 Å². The highest BCUT2D eigenvalue weighted by atomic mass is 35.5. The fraction of sp³-hybridized carbons (Fsp3) is 0.353. The number of rotatable bonds is 4. The van der Waals surface area contributed by atoms with Gasteiger partial charge >= 0.3 is 0 Å². The van der Waals surface area contributed by atoms with Crippen molar-refractivity contribution in [1.29, 1.82) is 0 Å². The number of benzene rings is 1.